The molecule has 0 saturated carbocycles. The van der Waals surface area contributed by atoms with Crippen LogP contribution in [0, 0.1) is 3.57 Å². The van der Waals surface area contributed by atoms with Crippen LogP contribution in [0.25, 0.3) is 5.65 Å². The van der Waals surface area contributed by atoms with Gasteiger partial charge in [-0.05, 0) is 46.9 Å². The Morgan fingerprint density at radius 3 is 2.54 bits per heavy atom. The molecular formula is C15H9F3IN3OS. The van der Waals surface area contributed by atoms with Crippen molar-refractivity contribution in [3.8, 4) is 0 Å². The van der Waals surface area contributed by atoms with E-state index in [0.717, 1.165) is 8.47 Å². The number of amides is 1. The second-order valence-electron chi connectivity index (χ2n) is 4.71. The van der Waals surface area contributed by atoms with Gasteiger partial charge >= 0.3 is 12.1 Å². The van der Waals surface area contributed by atoms with Crippen molar-refractivity contribution in [3.05, 3.63) is 52.2 Å². The smallest absolute Gasteiger partial charge is 0.300 e. The first-order chi connectivity index (χ1) is 11.3. The predicted octanol–water partition coefficient (Wildman–Crippen LogP) is 4.59. The minimum atomic E-state index is -4.97. The number of nitrogens with one attached hydrogen (secondary N) is 1. The maximum Gasteiger partial charge on any atom is 0.471 e. The molecule has 124 valence electrons. The zero-order valence-electron chi connectivity index (χ0n) is 11.8. The molecule has 0 aliphatic carbocycles. The van der Waals surface area contributed by atoms with Crippen molar-refractivity contribution in [2.75, 3.05) is 5.32 Å². The number of hydrogen-bond acceptors (Lipinski definition) is 3. The number of nitrogens with zero attached hydrogens (tertiary/aromatic N) is 2. The Hall–Kier alpha value is -1.75. The molecule has 1 amide bonds. The number of pyridine rings is 1. The molecule has 0 unspecified atom stereocenters. The van der Waals surface area contributed by atoms with Crippen LogP contribution < -0.4 is 5.32 Å². The summed E-state index contributed by atoms with van der Waals surface area (Å²) >= 11 is 3.32. The van der Waals surface area contributed by atoms with Crippen LogP contribution in [0.4, 0.5) is 19.0 Å². The molecule has 0 aliphatic rings. The van der Waals surface area contributed by atoms with E-state index in [1.807, 2.05) is 35.6 Å². The first-order valence-electron chi connectivity index (χ1n) is 6.63. The molecule has 0 atom stereocenters. The average molecular weight is 463 g/mol. The van der Waals surface area contributed by atoms with Gasteiger partial charge in [0.1, 0.15) is 10.7 Å². The van der Waals surface area contributed by atoms with E-state index in [1.54, 1.807) is 22.7 Å². The summed E-state index contributed by atoms with van der Waals surface area (Å²) in [6, 6.07) is 12.6. The first kappa shape index (κ1) is 17.1. The third-order valence-corrected chi connectivity index (χ3v) is 4.72. The Labute approximate surface area is 152 Å². The molecule has 2 heterocycles. The summed E-state index contributed by atoms with van der Waals surface area (Å²) in [7, 11) is 0. The summed E-state index contributed by atoms with van der Waals surface area (Å²) in [6.07, 6.45) is -3.23. The van der Waals surface area contributed by atoms with Crippen molar-refractivity contribution in [2.24, 2.45) is 0 Å². The Morgan fingerprint density at radius 2 is 1.88 bits per heavy atom. The van der Waals surface area contributed by atoms with E-state index in [2.05, 4.69) is 27.6 Å². The highest BCUT2D eigenvalue weighted by Gasteiger charge is 2.39. The number of alkyl halides is 3. The lowest BCUT2D eigenvalue weighted by Gasteiger charge is -2.08. The average Bonchev–Trinajstić information content (AvgIpc) is 2.85. The number of imidazole rings is 1. The summed E-state index contributed by atoms with van der Waals surface area (Å²) in [5.41, 5.74) is 0.450. The lowest BCUT2D eigenvalue weighted by molar-refractivity contribution is -0.167. The van der Waals surface area contributed by atoms with Gasteiger partial charge in [-0.1, -0.05) is 30.0 Å². The van der Waals surface area contributed by atoms with Crippen LogP contribution in [0.1, 0.15) is 0 Å². The van der Waals surface area contributed by atoms with Gasteiger partial charge < -0.3 is 5.32 Å². The quantitative estimate of drug-likeness (QED) is 0.579. The van der Waals surface area contributed by atoms with E-state index < -0.39 is 12.1 Å². The van der Waals surface area contributed by atoms with Gasteiger partial charge in [-0.25, -0.2) is 4.98 Å². The molecule has 24 heavy (non-hydrogen) atoms. The van der Waals surface area contributed by atoms with Crippen molar-refractivity contribution in [1.29, 1.82) is 0 Å². The minimum Gasteiger partial charge on any atom is -0.300 e. The highest BCUT2D eigenvalue weighted by atomic mass is 127. The molecule has 0 fully saturated rings. The number of anilines is 1. The SMILES string of the molecule is O=C(Nc1nc2ccc(I)cn2c1Sc1ccccc1)C(F)(F)F. The first-order valence-corrected chi connectivity index (χ1v) is 8.53. The lowest BCUT2D eigenvalue weighted by Crippen LogP contribution is -2.30. The van der Waals surface area contributed by atoms with Crippen molar-refractivity contribution < 1.29 is 18.0 Å². The standard InChI is InChI=1S/C15H9F3IN3OS/c16-15(17,18)14(23)21-12-13(24-10-4-2-1-3-5-10)22-8-9(19)6-7-11(22)20-12/h1-8H,(H,21,23). The Balaban J connectivity index is 2.07. The van der Waals surface area contributed by atoms with Gasteiger partial charge in [-0.15, -0.1) is 0 Å². The number of fused-ring (bicyclic) bond motifs is 1. The molecule has 1 N–H and O–H groups in total. The molecule has 0 radical (unpaired) electrons. The highest BCUT2D eigenvalue weighted by molar-refractivity contribution is 14.1. The van der Waals surface area contributed by atoms with Crippen LogP contribution in [0.2, 0.25) is 0 Å². The fourth-order valence-electron chi connectivity index (χ4n) is 1.95. The van der Waals surface area contributed by atoms with Crippen LogP contribution in [-0.2, 0) is 4.79 Å². The fraction of sp³-hybridized carbons (Fsp3) is 0.0667. The topological polar surface area (TPSA) is 46.4 Å². The Kier molecular flexibility index (Phi) is 4.72. The zero-order chi connectivity index (χ0) is 17.3. The van der Waals surface area contributed by atoms with Gasteiger partial charge in [0.05, 0.1) is 0 Å². The molecule has 3 rings (SSSR count). The van der Waals surface area contributed by atoms with Gasteiger partial charge in [0, 0.05) is 14.7 Å². The maximum atomic E-state index is 12.6. The molecule has 1 aromatic carbocycles. The molecule has 2 aromatic heterocycles. The summed E-state index contributed by atoms with van der Waals surface area (Å²) < 4.78 is 40.2. The number of carbonyl (C=O) groups is 1. The van der Waals surface area contributed by atoms with Gasteiger partial charge in [0.15, 0.2) is 5.82 Å². The van der Waals surface area contributed by atoms with Crippen LogP contribution in [0.5, 0.6) is 0 Å². The second kappa shape index (κ2) is 6.63. The summed E-state index contributed by atoms with van der Waals surface area (Å²) in [5, 5.41) is 2.27. The number of hydrogen-bond donors (Lipinski definition) is 1. The lowest BCUT2D eigenvalue weighted by atomic mass is 10.4. The van der Waals surface area contributed by atoms with Crippen LogP contribution >= 0.6 is 34.4 Å². The van der Waals surface area contributed by atoms with Crippen LogP contribution in [-0.4, -0.2) is 21.5 Å². The van der Waals surface area contributed by atoms with E-state index in [4.69, 9.17) is 0 Å². The van der Waals surface area contributed by atoms with Crippen LogP contribution in [0.15, 0.2) is 58.6 Å². The largest absolute Gasteiger partial charge is 0.471 e. The van der Waals surface area contributed by atoms with Crippen LogP contribution in [0.3, 0.4) is 0 Å². The number of rotatable bonds is 3. The monoisotopic (exact) mass is 463 g/mol. The zero-order valence-corrected chi connectivity index (χ0v) is 14.8. The number of carbonyl (C=O) groups excluding carboxylic acids is 1. The molecule has 0 spiro atoms. The molecule has 3 aromatic rings. The fourth-order valence-corrected chi connectivity index (χ4v) is 3.37. The normalized spacial score (nSPS) is 11.7. The third-order valence-electron chi connectivity index (χ3n) is 2.99. The van der Waals surface area contributed by atoms with Crippen molar-refractivity contribution in [3.63, 3.8) is 0 Å². The predicted molar refractivity (Wildman–Crippen MR) is 93.2 cm³/mol. The number of aromatic nitrogens is 2. The van der Waals surface area contributed by atoms with E-state index in [1.165, 1.54) is 11.8 Å². The maximum absolute atomic E-state index is 12.6. The van der Waals surface area contributed by atoms with E-state index in [0.29, 0.717) is 10.7 Å². The van der Waals surface area contributed by atoms with Crippen molar-refractivity contribution in [1.82, 2.24) is 9.38 Å². The Bertz CT molecular complexity index is 896. The molecule has 0 aliphatic heterocycles. The number of halogens is 4. The third kappa shape index (κ3) is 3.66. The van der Waals surface area contributed by atoms with Gasteiger partial charge in [-0.3, -0.25) is 9.20 Å². The van der Waals surface area contributed by atoms with Gasteiger partial charge in [0.2, 0.25) is 0 Å². The number of benzene rings is 1. The molecule has 4 nitrogen and oxygen atoms in total. The Morgan fingerprint density at radius 1 is 1.17 bits per heavy atom. The molecule has 9 heteroatoms. The molecular weight excluding hydrogens is 454 g/mol. The van der Waals surface area contributed by atoms with Gasteiger partial charge in [0.25, 0.3) is 0 Å². The van der Waals surface area contributed by atoms with Crippen molar-refractivity contribution >= 4 is 51.7 Å². The van der Waals surface area contributed by atoms with Crippen molar-refractivity contribution in [2.45, 2.75) is 16.1 Å². The minimum absolute atomic E-state index is 0.117. The van der Waals surface area contributed by atoms with E-state index in [-0.39, 0.29) is 5.82 Å². The second-order valence-corrected chi connectivity index (χ2v) is 7.02. The highest BCUT2D eigenvalue weighted by Crippen LogP contribution is 2.35. The molecule has 0 bridgehead atoms. The summed E-state index contributed by atoms with van der Waals surface area (Å²) in [6.45, 7) is 0. The summed E-state index contributed by atoms with van der Waals surface area (Å²) in [5.74, 6) is -2.16. The molecule has 0 saturated heterocycles. The summed E-state index contributed by atoms with van der Waals surface area (Å²) in [4.78, 5) is 16.2. The van der Waals surface area contributed by atoms with E-state index >= 15 is 0 Å². The van der Waals surface area contributed by atoms with E-state index in [9.17, 15) is 18.0 Å². The van der Waals surface area contributed by atoms with Gasteiger partial charge in [-0.2, -0.15) is 13.2 Å².